The van der Waals surface area contributed by atoms with Gasteiger partial charge in [0.15, 0.2) is 0 Å². The standard InChI is InChI=1S/C20H22F2N6O.C2HF3O2/c1-27(2)17-7-6-15(11-24-17)14-5-3-4-13(8-14)12-28-18(25-26-20(28)29)9-16(10-23)19(21)22;3-2(4,5)1(6)7/h3-8,11H,9-10,12,23H2,1-2H3,(H,26,29);(H,6,7). The summed E-state index contributed by atoms with van der Waals surface area (Å²) >= 11 is 0. The van der Waals surface area contributed by atoms with Gasteiger partial charge in [0.1, 0.15) is 11.6 Å². The Kier molecular flexibility index (Phi) is 9.44. The van der Waals surface area contributed by atoms with Gasteiger partial charge < -0.3 is 15.7 Å². The van der Waals surface area contributed by atoms with Gasteiger partial charge in [0.05, 0.1) is 6.54 Å². The molecule has 0 aliphatic heterocycles. The van der Waals surface area contributed by atoms with Crippen LogP contribution < -0.4 is 16.3 Å². The Labute approximate surface area is 201 Å². The van der Waals surface area contributed by atoms with Gasteiger partial charge in [0.2, 0.25) is 0 Å². The number of nitrogens with two attached hydrogens (primary N) is 1. The Bertz CT molecular complexity index is 1260. The summed E-state index contributed by atoms with van der Waals surface area (Å²) in [5, 5.41) is 13.3. The number of aromatic nitrogens is 4. The smallest absolute Gasteiger partial charge is 0.475 e. The van der Waals surface area contributed by atoms with Crippen LogP contribution in [0.5, 0.6) is 0 Å². The largest absolute Gasteiger partial charge is 0.490 e. The van der Waals surface area contributed by atoms with Crippen molar-refractivity contribution in [3.8, 4) is 11.1 Å². The Hall–Kier alpha value is -4.07. The number of anilines is 1. The molecule has 4 N–H and O–H groups in total. The third-order valence-electron chi connectivity index (χ3n) is 4.77. The number of halogens is 5. The maximum Gasteiger partial charge on any atom is 0.490 e. The molecule has 0 radical (unpaired) electrons. The lowest BCUT2D eigenvalue weighted by atomic mass is 10.0. The second-order valence-corrected chi connectivity index (χ2v) is 7.58. The molecule has 0 aliphatic carbocycles. The van der Waals surface area contributed by atoms with Crippen LogP contribution in [0.3, 0.4) is 0 Å². The van der Waals surface area contributed by atoms with Crippen molar-refractivity contribution in [3.05, 3.63) is 76.1 Å². The van der Waals surface area contributed by atoms with E-state index in [2.05, 4.69) is 15.2 Å². The van der Waals surface area contributed by atoms with E-state index in [1.807, 2.05) is 55.4 Å². The zero-order valence-electron chi connectivity index (χ0n) is 19.2. The summed E-state index contributed by atoms with van der Waals surface area (Å²) in [5.41, 5.74) is 7.38. The number of carboxylic acids is 1. The molecule has 14 heteroatoms. The molecule has 0 saturated carbocycles. The number of hydrogen-bond acceptors (Lipinski definition) is 6. The molecular weight excluding hydrogens is 491 g/mol. The molecule has 0 aliphatic rings. The third-order valence-corrected chi connectivity index (χ3v) is 4.77. The monoisotopic (exact) mass is 514 g/mol. The fraction of sp³-hybridized carbons (Fsp3) is 0.273. The van der Waals surface area contributed by atoms with Gasteiger partial charge in [-0.1, -0.05) is 18.2 Å². The maximum absolute atomic E-state index is 12.9. The highest BCUT2D eigenvalue weighted by atomic mass is 19.4. The molecule has 36 heavy (non-hydrogen) atoms. The molecule has 2 heterocycles. The lowest BCUT2D eigenvalue weighted by molar-refractivity contribution is -0.192. The Balaban J connectivity index is 0.000000572. The molecule has 9 nitrogen and oxygen atoms in total. The van der Waals surface area contributed by atoms with Crippen LogP contribution in [0.25, 0.3) is 11.1 Å². The van der Waals surface area contributed by atoms with Gasteiger partial charge in [-0.2, -0.15) is 27.1 Å². The minimum absolute atomic E-state index is 0.187. The number of alkyl halides is 3. The highest BCUT2D eigenvalue weighted by Gasteiger charge is 2.38. The number of H-pyrrole nitrogens is 1. The molecule has 0 unspecified atom stereocenters. The Morgan fingerprint density at radius 3 is 2.33 bits per heavy atom. The van der Waals surface area contributed by atoms with Gasteiger partial charge in [-0.05, 0) is 29.3 Å². The SMILES string of the molecule is CN(C)c1ccc(-c2cccc(Cn3c(CC(CN)=C(F)F)n[nH]c3=O)c2)cn1.O=C(O)C(F)(F)F. The molecule has 3 rings (SSSR count). The number of hydrogen-bond donors (Lipinski definition) is 3. The van der Waals surface area contributed by atoms with Crippen LogP contribution in [0.15, 0.2) is 59.0 Å². The number of carbonyl (C=O) groups is 1. The minimum atomic E-state index is -5.08. The first-order chi connectivity index (χ1) is 16.8. The highest BCUT2D eigenvalue weighted by molar-refractivity contribution is 5.73. The van der Waals surface area contributed by atoms with Crippen molar-refractivity contribution in [2.75, 3.05) is 25.5 Å². The molecule has 194 valence electrons. The van der Waals surface area contributed by atoms with Crippen LogP contribution in [-0.2, 0) is 17.8 Å². The van der Waals surface area contributed by atoms with Crippen molar-refractivity contribution in [2.45, 2.75) is 19.1 Å². The summed E-state index contributed by atoms with van der Waals surface area (Å²) in [6.45, 7) is -0.0950. The van der Waals surface area contributed by atoms with E-state index in [9.17, 15) is 26.7 Å². The lowest BCUT2D eigenvalue weighted by Crippen LogP contribution is -2.21. The Morgan fingerprint density at radius 1 is 1.17 bits per heavy atom. The van der Waals surface area contributed by atoms with Crippen molar-refractivity contribution >= 4 is 11.8 Å². The molecule has 0 amide bonds. The summed E-state index contributed by atoms with van der Waals surface area (Å²) in [7, 11) is 3.84. The maximum atomic E-state index is 12.9. The molecule has 0 atom stereocenters. The van der Waals surface area contributed by atoms with E-state index < -0.39 is 23.9 Å². The molecule has 1 aromatic carbocycles. The van der Waals surface area contributed by atoms with Crippen molar-refractivity contribution in [1.82, 2.24) is 19.7 Å². The van der Waals surface area contributed by atoms with E-state index in [-0.39, 0.29) is 30.9 Å². The fourth-order valence-electron chi connectivity index (χ4n) is 2.91. The summed E-state index contributed by atoms with van der Waals surface area (Å²) < 4.78 is 58.9. The lowest BCUT2D eigenvalue weighted by Gasteiger charge is -2.12. The Morgan fingerprint density at radius 2 is 1.83 bits per heavy atom. The zero-order chi connectivity index (χ0) is 27.0. The van der Waals surface area contributed by atoms with Crippen molar-refractivity contribution in [1.29, 1.82) is 0 Å². The van der Waals surface area contributed by atoms with Gasteiger partial charge in [0, 0.05) is 44.4 Å². The van der Waals surface area contributed by atoms with Crippen LogP contribution in [0, 0.1) is 0 Å². The number of aliphatic carboxylic acids is 1. The summed E-state index contributed by atoms with van der Waals surface area (Å²) in [5.74, 6) is -1.69. The van der Waals surface area contributed by atoms with Gasteiger partial charge >= 0.3 is 17.8 Å². The minimum Gasteiger partial charge on any atom is -0.475 e. The normalized spacial score (nSPS) is 10.9. The number of nitrogens with zero attached hydrogens (tertiary/aromatic N) is 4. The van der Waals surface area contributed by atoms with E-state index in [0.717, 1.165) is 22.5 Å². The van der Waals surface area contributed by atoms with Crippen LogP contribution in [0.1, 0.15) is 11.4 Å². The zero-order valence-corrected chi connectivity index (χ0v) is 19.2. The number of nitrogens with one attached hydrogen (secondary N) is 1. The second-order valence-electron chi connectivity index (χ2n) is 7.58. The average Bonchev–Trinajstić information content (AvgIpc) is 3.16. The average molecular weight is 514 g/mol. The van der Waals surface area contributed by atoms with Crippen molar-refractivity contribution < 1.29 is 31.9 Å². The number of carboxylic acid groups (broad SMARTS) is 1. The third kappa shape index (κ3) is 7.73. The van der Waals surface area contributed by atoms with E-state index in [1.165, 1.54) is 4.57 Å². The molecule has 2 aromatic heterocycles. The van der Waals surface area contributed by atoms with Crippen LogP contribution in [0.2, 0.25) is 0 Å². The van der Waals surface area contributed by atoms with Crippen LogP contribution in [-0.4, -0.2) is 57.6 Å². The predicted octanol–water partition coefficient (Wildman–Crippen LogP) is 3.03. The molecule has 3 aromatic rings. The first kappa shape index (κ1) is 28.2. The molecule has 0 saturated heterocycles. The quantitative estimate of drug-likeness (QED) is 0.413. The predicted molar refractivity (Wildman–Crippen MR) is 122 cm³/mol. The summed E-state index contributed by atoms with van der Waals surface area (Å²) in [6, 6.07) is 11.5. The summed E-state index contributed by atoms with van der Waals surface area (Å²) in [6.07, 6.45) is -5.33. The van der Waals surface area contributed by atoms with Gasteiger partial charge in [0.25, 0.3) is 6.08 Å². The second kappa shape index (κ2) is 12.1. The molecule has 0 bridgehead atoms. The molecule has 0 fully saturated rings. The van der Waals surface area contributed by atoms with Crippen molar-refractivity contribution in [3.63, 3.8) is 0 Å². The van der Waals surface area contributed by atoms with E-state index in [1.54, 1.807) is 6.20 Å². The number of benzene rings is 1. The fourth-order valence-corrected chi connectivity index (χ4v) is 2.91. The number of rotatable bonds is 7. The van der Waals surface area contributed by atoms with Gasteiger partial charge in [-0.25, -0.2) is 19.7 Å². The van der Waals surface area contributed by atoms with Crippen molar-refractivity contribution in [2.24, 2.45) is 5.73 Å². The summed E-state index contributed by atoms with van der Waals surface area (Å²) in [4.78, 5) is 27.4. The van der Waals surface area contributed by atoms with Crippen LogP contribution in [0.4, 0.5) is 27.8 Å². The van der Waals surface area contributed by atoms with Crippen LogP contribution >= 0.6 is 0 Å². The van der Waals surface area contributed by atoms with E-state index >= 15 is 0 Å². The topological polar surface area (TPSA) is 130 Å². The molecule has 0 spiro atoms. The number of pyridine rings is 1. The molecular formula is C22H23F5N6O3. The number of aromatic amines is 1. The van der Waals surface area contributed by atoms with Gasteiger partial charge in [-0.3, -0.25) is 4.57 Å². The van der Waals surface area contributed by atoms with E-state index in [4.69, 9.17) is 15.6 Å². The highest BCUT2D eigenvalue weighted by Crippen LogP contribution is 2.22. The first-order valence-electron chi connectivity index (χ1n) is 10.2. The first-order valence-corrected chi connectivity index (χ1v) is 10.2. The van der Waals surface area contributed by atoms with Gasteiger partial charge in [-0.15, -0.1) is 0 Å². The van der Waals surface area contributed by atoms with E-state index in [0.29, 0.717) is 0 Å².